The molecule has 0 heterocycles. The molecule has 1 unspecified atom stereocenters. The summed E-state index contributed by atoms with van der Waals surface area (Å²) in [6, 6.07) is 5.67. The highest BCUT2D eigenvalue weighted by Gasteiger charge is 2.12. The van der Waals surface area contributed by atoms with Crippen molar-refractivity contribution in [1.29, 1.82) is 0 Å². The molecule has 0 aromatic heterocycles. The molecule has 0 bridgehead atoms. The van der Waals surface area contributed by atoms with Gasteiger partial charge in [0.2, 0.25) is 5.91 Å². The minimum atomic E-state index is -0.257. The monoisotopic (exact) mass is 308 g/mol. The van der Waals surface area contributed by atoms with Crippen LogP contribution in [0, 0.1) is 12.8 Å². The molecule has 3 N–H and O–H groups in total. The van der Waals surface area contributed by atoms with E-state index in [1.807, 2.05) is 25.1 Å². The largest absolute Gasteiger partial charge is 0.493 e. The molecule has 0 saturated carbocycles. The van der Waals surface area contributed by atoms with Crippen LogP contribution in [0.3, 0.4) is 0 Å². The Balaban J connectivity index is 2.62. The van der Waals surface area contributed by atoms with Gasteiger partial charge in [0.05, 0.1) is 19.1 Å². The Bertz CT molecular complexity index is 471. The maximum absolute atomic E-state index is 12.0. The highest BCUT2D eigenvalue weighted by Crippen LogP contribution is 2.23. The number of aryl methyl sites for hydroxylation is 1. The van der Waals surface area contributed by atoms with Crippen LogP contribution in [0.4, 0.5) is 5.69 Å². The molecule has 5 nitrogen and oxygen atoms in total. The lowest BCUT2D eigenvalue weighted by atomic mass is 10.1. The summed E-state index contributed by atoms with van der Waals surface area (Å²) >= 11 is 0. The van der Waals surface area contributed by atoms with Gasteiger partial charge in [-0.25, -0.2) is 0 Å². The SMILES string of the molecule is COC(CN)CC(=O)Nc1ccc(C)c(OCCC(C)C)c1. The van der Waals surface area contributed by atoms with E-state index in [4.69, 9.17) is 15.2 Å². The number of benzene rings is 1. The first kappa shape index (κ1) is 18.5. The van der Waals surface area contributed by atoms with Gasteiger partial charge in [-0.05, 0) is 30.9 Å². The van der Waals surface area contributed by atoms with Gasteiger partial charge in [0.15, 0.2) is 0 Å². The van der Waals surface area contributed by atoms with Crippen molar-refractivity contribution in [1.82, 2.24) is 0 Å². The minimum absolute atomic E-state index is 0.116. The van der Waals surface area contributed by atoms with E-state index in [0.717, 1.165) is 23.4 Å². The third-order valence-electron chi connectivity index (χ3n) is 3.43. The molecule has 0 saturated heterocycles. The maximum Gasteiger partial charge on any atom is 0.227 e. The van der Waals surface area contributed by atoms with E-state index in [1.165, 1.54) is 0 Å². The van der Waals surface area contributed by atoms with Gasteiger partial charge in [-0.1, -0.05) is 19.9 Å². The van der Waals surface area contributed by atoms with Crippen molar-refractivity contribution in [3.05, 3.63) is 23.8 Å². The second-order valence-electron chi connectivity index (χ2n) is 5.86. The molecule has 1 aromatic rings. The van der Waals surface area contributed by atoms with E-state index < -0.39 is 0 Å². The van der Waals surface area contributed by atoms with Gasteiger partial charge in [-0.15, -0.1) is 0 Å². The topological polar surface area (TPSA) is 73.6 Å². The second-order valence-corrected chi connectivity index (χ2v) is 5.86. The van der Waals surface area contributed by atoms with Crippen molar-refractivity contribution in [3.63, 3.8) is 0 Å². The minimum Gasteiger partial charge on any atom is -0.493 e. The molecule has 0 spiro atoms. The standard InChI is InChI=1S/C17H28N2O3/c1-12(2)7-8-22-16-9-14(6-5-13(16)3)19-17(20)10-15(11-18)21-4/h5-6,9,12,15H,7-8,10-11,18H2,1-4H3,(H,19,20). The molecule has 5 heteroatoms. The summed E-state index contributed by atoms with van der Waals surface area (Å²) in [6.45, 7) is 7.31. The van der Waals surface area contributed by atoms with Crippen LogP contribution in [0.25, 0.3) is 0 Å². The Kier molecular flexibility index (Phi) is 7.91. The Labute approximate surface area is 133 Å². The number of anilines is 1. The average Bonchev–Trinajstić information content (AvgIpc) is 2.47. The van der Waals surface area contributed by atoms with Gasteiger partial charge in [-0.3, -0.25) is 4.79 Å². The fraction of sp³-hybridized carbons (Fsp3) is 0.588. The first-order valence-corrected chi connectivity index (χ1v) is 7.72. The Morgan fingerprint density at radius 3 is 2.68 bits per heavy atom. The summed E-state index contributed by atoms with van der Waals surface area (Å²) in [6.07, 6.45) is 0.985. The molecule has 1 aromatic carbocycles. The molecule has 0 aliphatic heterocycles. The van der Waals surface area contributed by atoms with Crippen LogP contribution in [0.1, 0.15) is 32.3 Å². The van der Waals surface area contributed by atoms with E-state index in [2.05, 4.69) is 19.2 Å². The molecule has 1 amide bonds. The van der Waals surface area contributed by atoms with Gasteiger partial charge < -0.3 is 20.5 Å². The summed E-state index contributed by atoms with van der Waals surface area (Å²) in [5.74, 6) is 1.29. The number of amides is 1. The molecule has 0 fully saturated rings. The lowest BCUT2D eigenvalue weighted by Crippen LogP contribution is -2.28. The molecule has 124 valence electrons. The van der Waals surface area contributed by atoms with Crippen LogP contribution in [0.2, 0.25) is 0 Å². The summed E-state index contributed by atoms with van der Waals surface area (Å²) in [7, 11) is 1.55. The normalized spacial score (nSPS) is 12.3. The summed E-state index contributed by atoms with van der Waals surface area (Å²) in [4.78, 5) is 12.0. The third-order valence-corrected chi connectivity index (χ3v) is 3.43. The number of hydrogen-bond donors (Lipinski definition) is 2. The molecule has 1 rings (SSSR count). The fourth-order valence-electron chi connectivity index (χ4n) is 1.92. The molecule has 0 aliphatic rings. The zero-order valence-electron chi connectivity index (χ0n) is 14.0. The van der Waals surface area contributed by atoms with Crippen molar-refractivity contribution in [2.45, 2.75) is 39.7 Å². The van der Waals surface area contributed by atoms with Crippen LogP contribution in [-0.2, 0) is 9.53 Å². The predicted molar refractivity (Wildman–Crippen MR) is 89.2 cm³/mol. The van der Waals surface area contributed by atoms with E-state index in [-0.39, 0.29) is 18.4 Å². The van der Waals surface area contributed by atoms with Crippen molar-refractivity contribution >= 4 is 11.6 Å². The van der Waals surface area contributed by atoms with Gasteiger partial charge in [0.25, 0.3) is 0 Å². The third kappa shape index (κ3) is 6.45. The van der Waals surface area contributed by atoms with Crippen molar-refractivity contribution in [2.24, 2.45) is 11.7 Å². The zero-order chi connectivity index (χ0) is 16.5. The van der Waals surface area contributed by atoms with Gasteiger partial charge in [0, 0.05) is 25.4 Å². The first-order valence-electron chi connectivity index (χ1n) is 7.72. The Morgan fingerprint density at radius 1 is 1.36 bits per heavy atom. The van der Waals surface area contributed by atoms with E-state index >= 15 is 0 Å². The molecule has 22 heavy (non-hydrogen) atoms. The molecular weight excluding hydrogens is 280 g/mol. The lowest BCUT2D eigenvalue weighted by Gasteiger charge is -2.14. The van der Waals surface area contributed by atoms with Crippen LogP contribution < -0.4 is 15.8 Å². The van der Waals surface area contributed by atoms with Crippen LogP contribution in [0.5, 0.6) is 5.75 Å². The van der Waals surface area contributed by atoms with Crippen LogP contribution in [0.15, 0.2) is 18.2 Å². The number of carbonyl (C=O) groups is 1. The van der Waals surface area contributed by atoms with Gasteiger partial charge >= 0.3 is 0 Å². The number of nitrogens with one attached hydrogen (secondary N) is 1. The van der Waals surface area contributed by atoms with Crippen LogP contribution >= 0.6 is 0 Å². The van der Waals surface area contributed by atoms with Crippen molar-refractivity contribution in [2.75, 3.05) is 25.6 Å². The Hall–Kier alpha value is -1.59. The highest BCUT2D eigenvalue weighted by molar-refractivity contribution is 5.91. The second kappa shape index (κ2) is 9.43. The number of hydrogen-bond acceptors (Lipinski definition) is 4. The molecular formula is C17H28N2O3. The predicted octanol–water partition coefficient (Wildman–Crippen LogP) is 2.72. The van der Waals surface area contributed by atoms with Gasteiger partial charge in [0.1, 0.15) is 5.75 Å². The van der Waals surface area contributed by atoms with Crippen molar-refractivity contribution in [3.8, 4) is 5.75 Å². The number of carbonyl (C=O) groups excluding carboxylic acids is 1. The van der Waals surface area contributed by atoms with Crippen molar-refractivity contribution < 1.29 is 14.3 Å². The van der Waals surface area contributed by atoms with Crippen LogP contribution in [-0.4, -0.2) is 32.3 Å². The van der Waals surface area contributed by atoms with E-state index in [9.17, 15) is 4.79 Å². The first-order chi connectivity index (χ1) is 10.5. The van der Waals surface area contributed by atoms with E-state index in [0.29, 0.717) is 19.1 Å². The number of methoxy groups -OCH3 is 1. The zero-order valence-corrected chi connectivity index (χ0v) is 14.0. The quantitative estimate of drug-likeness (QED) is 0.735. The lowest BCUT2D eigenvalue weighted by molar-refractivity contribution is -0.118. The summed E-state index contributed by atoms with van der Waals surface area (Å²) in [5.41, 5.74) is 7.30. The average molecular weight is 308 g/mol. The summed E-state index contributed by atoms with van der Waals surface area (Å²) in [5, 5.41) is 2.85. The highest BCUT2D eigenvalue weighted by atomic mass is 16.5. The fourth-order valence-corrected chi connectivity index (χ4v) is 1.92. The van der Waals surface area contributed by atoms with Gasteiger partial charge in [-0.2, -0.15) is 0 Å². The number of ether oxygens (including phenoxy) is 2. The molecule has 1 atom stereocenters. The molecule has 0 aliphatic carbocycles. The smallest absolute Gasteiger partial charge is 0.227 e. The number of nitrogens with two attached hydrogens (primary N) is 1. The Morgan fingerprint density at radius 2 is 2.09 bits per heavy atom. The maximum atomic E-state index is 12.0. The number of rotatable bonds is 9. The van der Waals surface area contributed by atoms with E-state index in [1.54, 1.807) is 7.11 Å². The molecule has 0 radical (unpaired) electrons. The summed E-state index contributed by atoms with van der Waals surface area (Å²) < 4.78 is 10.9.